The molecule has 0 aliphatic carbocycles. The van der Waals surface area contributed by atoms with Gasteiger partial charge in [0.25, 0.3) is 5.91 Å². The summed E-state index contributed by atoms with van der Waals surface area (Å²) in [7, 11) is 0. The number of aromatic nitrogens is 1. The van der Waals surface area contributed by atoms with E-state index in [1.807, 2.05) is 67.4 Å². The van der Waals surface area contributed by atoms with E-state index in [2.05, 4.69) is 35.3 Å². The molecule has 1 amide bonds. The number of pyridine rings is 1. The topological polar surface area (TPSA) is 60.8 Å². The molecule has 6 heteroatoms. The van der Waals surface area contributed by atoms with Gasteiger partial charge in [-0.2, -0.15) is 5.10 Å². The Labute approximate surface area is 197 Å². The monoisotopic (exact) mass is 443 g/mol. The van der Waals surface area contributed by atoms with Crippen LogP contribution >= 0.6 is 0 Å². The molecule has 0 unspecified atom stereocenters. The van der Waals surface area contributed by atoms with Gasteiger partial charge in [0.15, 0.2) is 0 Å². The van der Waals surface area contributed by atoms with Crippen LogP contribution in [0.25, 0.3) is 0 Å². The largest absolute Gasteiger partial charge is 0.366 e. The molecule has 172 valence electrons. The van der Waals surface area contributed by atoms with E-state index in [4.69, 9.17) is 0 Å². The maximum atomic E-state index is 12.9. The molecule has 1 N–H and O–H groups in total. The minimum atomic E-state index is 0.107. The quantitative estimate of drug-likeness (QED) is 0.341. The molecule has 0 bridgehead atoms. The number of rotatable bonds is 9. The van der Waals surface area contributed by atoms with Crippen molar-refractivity contribution in [3.63, 3.8) is 0 Å². The summed E-state index contributed by atoms with van der Waals surface area (Å²) in [5.41, 5.74) is 4.61. The summed E-state index contributed by atoms with van der Waals surface area (Å²) in [5.74, 6) is 1.17. The third kappa shape index (κ3) is 6.19. The molecule has 3 rings (SSSR count). The van der Waals surface area contributed by atoms with Gasteiger partial charge in [-0.3, -0.25) is 9.78 Å². The molecule has 0 spiro atoms. The van der Waals surface area contributed by atoms with Crippen LogP contribution in [0.4, 0.5) is 0 Å². The van der Waals surface area contributed by atoms with Crippen LogP contribution in [0.2, 0.25) is 0 Å². The fourth-order valence-corrected chi connectivity index (χ4v) is 4.01. The number of nitrogens with zero attached hydrogens (tertiary/aromatic N) is 4. The fourth-order valence-electron chi connectivity index (χ4n) is 4.01. The van der Waals surface area contributed by atoms with Crippen LogP contribution in [0.1, 0.15) is 41.3 Å². The van der Waals surface area contributed by atoms with E-state index in [0.717, 1.165) is 46.6 Å². The number of benzene rings is 1. The number of amides is 1. The van der Waals surface area contributed by atoms with Gasteiger partial charge in [-0.25, -0.2) is 5.01 Å². The van der Waals surface area contributed by atoms with Crippen LogP contribution in [0.3, 0.4) is 0 Å². The summed E-state index contributed by atoms with van der Waals surface area (Å²) in [6.07, 6.45) is 7.34. The van der Waals surface area contributed by atoms with E-state index in [-0.39, 0.29) is 11.8 Å². The number of aryl methyl sites for hydroxylation is 1. The molecular formula is C27H33N5O. The van der Waals surface area contributed by atoms with Crippen molar-refractivity contribution in [3.8, 4) is 0 Å². The second kappa shape index (κ2) is 11.3. The van der Waals surface area contributed by atoms with Gasteiger partial charge in [0.1, 0.15) is 5.82 Å². The second-order valence-corrected chi connectivity index (χ2v) is 8.39. The van der Waals surface area contributed by atoms with Crippen LogP contribution in [0.15, 0.2) is 90.2 Å². The number of hydrazone groups is 1. The fraction of sp³-hybridized carbons (Fsp3) is 0.296. The SMILES string of the molecule is C=NN(C(=C)C)/C(=C\C(=C)C1CCN(C(=O)c2ccccc2C)CC1)NCc1cccnc1. The average Bonchev–Trinajstić information content (AvgIpc) is 2.83. The second-order valence-electron chi connectivity index (χ2n) is 8.39. The number of piperidine rings is 1. The molecule has 1 aromatic heterocycles. The molecule has 1 fully saturated rings. The Hall–Kier alpha value is -3.67. The highest BCUT2D eigenvalue weighted by molar-refractivity contribution is 5.95. The Bertz CT molecular complexity index is 1040. The minimum Gasteiger partial charge on any atom is -0.366 e. The number of hydrogen-bond acceptors (Lipinski definition) is 5. The first-order chi connectivity index (χ1) is 15.9. The molecule has 33 heavy (non-hydrogen) atoms. The van der Waals surface area contributed by atoms with Gasteiger partial charge in [-0.1, -0.05) is 37.4 Å². The average molecular weight is 444 g/mol. The lowest BCUT2D eigenvalue weighted by molar-refractivity contribution is 0.0702. The van der Waals surface area contributed by atoms with Crippen molar-refractivity contribution in [2.45, 2.75) is 33.2 Å². The molecule has 0 atom stereocenters. The maximum absolute atomic E-state index is 12.9. The molecule has 0 radical (unpaired) electrons. The van der Waals surface area contributed by atoms with Crippen LogP contribution < -0.4 is 5.32 Å². The Balaban J connectivity index is 1.67. The van der Waals surface area contributed by atoms with E-state index in [1.54, 1.807) is 11.2 Å². The first-order valence-electron chi connectivity index (χ1n) is 11.2. The highest BCUT2D eigenvalue weighted by atomic mass is 16.2. The molecule has 1 aromatic carbocycles. The summed E-state index contributed by atoms with van der Waals surface area (Å²) in [6, 6.07) is 11.7. The highest BCUT2D eigenvalue weighted by Gasteiger charge is 2.25. The normalized spacial score (nSPS) is 14.5. The van der Waals surface area contributed by atoms with Crippen molar-refractivity contribution in [2.24, 2.45) is 11.0 Å². The van der Waals surface area contributed by atoms with Crippen molar-refractivity contribution in [3.05, 3.63) is 102 Å². The summed E-state index contributed by atoms with van der Waals surface area (Å²) >= 11 is 0. The number of nitrogens with one attached hydrogen (secondary N) is 1. The van der Waals surface area contributed by atoms with E-state index in [9.17, 15) is 4.79 Å². The van der Waals surface area contributed by atoms with Crippen molar-refractivity contribution < 1.29 is 4.79 Å². The van der Waals surface area contributed by atoms with Crippen LogP contribution in [0, 0.1) is 12.8 Å². The smallest absolute Gasteiger partial charge is 0.254 e. The van der Waals surface area contributed by atoms with E-state index >= 15 is 0 Å². The number of hydrogen-bond donors (Lipinski definition) is 1. The summed E-state index contributed by atoms with van der Waals surface area (Å²) < 4.78 is 0. The van der Waals surface area contributed by atoms with Gasteiger partial charge in [0, 0.05) is 50.0 Å². The Morgan fingerprint density at radius 3 is 2.58 bits per heavy atom. The van der Waals surface area contributed by atoms with Gasteiger partial charge in [0.05, 0.1) is 0 Å². The number of allylic oxidation sites excluding steroid dienone is 3. The standard InChI is InChI=1S/C27H33N5O/c1-20(2)32(28-5)26(30-19-23-10-8-14-29-18-23)17-22(4)24-12-15-31(16-13-24)27(33)25-11-7-6-9-21(25)3/h6-11,14,17-18,24,30H,1,4-5,12-13,15-16,19H2,2-3H3/b26-17-. The third-order valence-electron chi connectivity index (χ3n) is 5.93. The van der Waals surface area contributed by atoms with Gasteiger partial charge in [-0.15, -0.1) is 0 Å². The van der Waals surface area contributed by atoms with Crippen molar-refractivity contribution in [2.75, 3.05) is 13.1 Å². The molecular weight excluding hydrogens is 410 g/mol. The summed E-state index contributed by atoms with van der Waals surface area (Å²) in [4.78, 5) is 19.1. The molecule has 6 nitrogen and oxygen atoms in total. The van der Waals surface area contributed by atoms with Crippen LogP contribution in [0.5, 0.6) is 0 Å². The van der Waals surface area contributed by atoms with Gasteiger partial charge in [0.2, 0.25) is 0 Å². The molecule has 1 aliphatic heterocycles. The maximum Gasteiger partial charge on any atom is 0.254 e. The summed E-state index contributed by atoms with van der Waals surface area (Å²) in [5, 5.41) is 9.22. The Morgan fingerprint density at radius 1 is 1.24 bits per heavy atom. The van der Waals surface area contributed by atoms with Gasteiger partial charge >= 0.3 is 0 Å². The van der Waals surface area contributed by atoms with Crippen molar-refractivity contribution >= 4 is 12.6 Å². The zero-order valence-electron chi connectivity index (χ0n) is 19.6. The van der Waals surface area contributed by atoms with Crippen molar-refractivity contribution in [1.82, 2.24) is 20.2 Å². The van der Waals surface area contributed by atoms with E-state index in [1.165, 1.54) is 0 Å². The number of carbonyl (C=O) groups excluding carboxylic acids is 1. The van der Waals surface area contributed by atoms with E-state index < -0.39 is 0 Å². The number of likely N-dealkylation sites (tertiary alicyclic amines) is 1. The molecule has 2 heterocycles. The predicted molar refractivity (Wildman–Crippen MR) is 134 cm³/mol. The lowest BCUT2D eigenvalue weighted by atomic mass is 9.89. The van der Waals surface area contributed by atoms with Gasteiger partial charge < -0.3 is 10.2 Å². The molecule has 0 saturated carbocycles. The molecule has 1 saturated heterocycles. The first kappa shape index (κ1) is 24.0. The zero-order chi connectivity index (χ0) is 23.8. The van der Waals surface area contributed by atoms with Crippen LogP contribution in [-0.2, 0) is 6.54 Å². The minimum absolute atomic E-state index is 0.107. The zero-order valence-corrected chi connectivity index (χ0v) is 19.6. The highest BCUT2D eigenvalue weighted by Crippen LogP contribution is 2.27. The Kier molecular flexibility index (Phi) is 8.19. The van der Waals surface area contributed by atoms with Crippen LogP contribution in [-0.4, -0.2) is 40.6 Å². The molecule has 2 aromatic rings. The Morgan fingerprint density at radius 2 is 1.97 bits per heavy atom. The predicted octanol–water partition coefficient (Wildman–Crippen LogP) is 4.88. The third-order valence-corrected chi connectivity index (χ3v) is 5.93. The van der Waals surface area contributed by atoms with E-state index in [0.29, 0.717) is 19.6 Å². The van der Waals surface area contributed by atoms with Crippen molar-refractivity contribution in [1.29, 1.82) is 0 Å². The lowest BCUT2D eigenvalue weighted by Gasteiger charge is -2.33. The van der Waals surface area contributed by atoms with Gasteiger partial charge in [-0.05, 0) is 67.5 Å². The lowest BCUT2D eigenvalue weighted by Crippen LogP contribution is -2.39. The molecule has 1 aliphatic rings. The first-order valence-corrected chi connectivity index (χ1v) is 11.2. The summed E-state index contributed by atoms with van der Waals surface area (Å²) in [6.45, 7) is 17.9. The number of carbonyl (C=O) groups is 1.